The van der Waals surface area contributed by atoms with Crippen LogP contribution >= 0.6 is 10.6 Å². The largest absolute Gasteiger partial charge is 0.328 e. The predicted octanol–water partition coefficient (Wildman–Crippen LogP) is 0.390. The minimum absolute atomic E-state index is 0.0160. The zero-order chi connectivity index (χ0) is 25.6. The number of hydroxylamine groups is 1. The summed E-state index contributed by atoms with van der Waals surface area (Å²) in [4.78, 5) is 28.3. The third-order valence-corrected chi connectivity index (χ3v) is 10.7. The van der Waals surface area contributed by atoms with E-state index in [1.165, 1.54) is 21.9 Å². The monoisotopic (exact) mass is 524 g/mol. The van der Waals surface area contributed by atoms with Crippen LogP contribution in [-0.2, 0) is 21.2 Å². The number of sulfone groups is 1. The van der Waals surface area contributed by atoms with Crippen LogP contribution in [0.2, 0.25) is 0 Å². The van der Waals surface area contributed by atoms with Crippen molar-refractivity contribution in [3.8, 4) is 23.7 Å². The number of carbonyl (C=O) groups is 2. The molecule has 1 aromatic heterocycles. The zero-order valence-electron chi connectivity index (χ0n) is 19.4. The van der Waals surface area contributed by atoms with Gasteiger partial charge in [-0.3, -0.25) is 28.6 Å². The standard InChI is InChI=1S/C22H28N4O7S2/c1-22(20(27)23-29,34(2,30)31)7-8-24-13-18-9-16(12-26(18)21(24)28)5-3-4-6-17-10-25(11-17)19-14-35(32,33)15-19/h9,12,17,19,29,32-33H,7-8,10-11,13-15H2,1-2H3,(H,23,27)/t22-/m1/s1. The number of nitrogens with zero attached hydrogens (tertiary/aromatic N) is 3. The van der Waals surface area contributed by atoms with Crippen molar-refractivity contribution in [3.63, 3.8) is 0 Å². The van der Waals surface area contributed by atoms with E-state index in [1.807, 2.05) is 0 Å². The molecule has 2 fully saturated rings. The summed E-state index contributed by atoms with van der Waals surface area (Å²) in [6.07, 6.45) is 2.35. The van der Waals surface area contributed by atoms with Crippen molar-refractivity contribution in [3.05, 3.63) is 23.5 Å². The smallest absolute Gasteiger partial charge is 0.318 e. The van der Waals surface area contributed by atoms with Gasteiger partial charge in [-0.2, -0.15) is 10.6 Å². The van der Waals surface area contributed by atoms with Gasteiger partial charge in [-0.1, -0.05) is 11.8 Å². The van der Waals surface area contributed by atoms with Gasteiger partial charge in [0.05, 0.1) is 18.1 Å². The highest BCUT2D eigenvalue weighted by Crippen LogP contribution is 2.51. The van der Waals surface area contributed by atoms with Crippen molar-refractivity contribution in [2.24, 2.45) is 5.92 Å². The molecule has 0 saturated carbocycles. The molecule has 4 N–H and O–H groups in total. The third kappa shape index (κ3) is 5.07. The average molecular weight is 525 g/mol. The second-order valence-electron chi connectivity index (χ2n) is 9.45. The summed E-state index contributed by atoms with van der Waals surface area (Å²) < 4.78 is 42.7. The molecular weight excluding hydrogens is 496 g/mol. The summed E-state index contributed by atoms with van der Waals surface area (Å²) in [5, 5.41) is 8.93. The van der Waals surface area contributed by atoms with Gasteiger partial charge in [0.1, 0.15) is 0 Å². The Hall–Kier alpha value is -2.52. The number of hydrogen-bond donors (Lipinski definition) is 4. The minimum atomic E-state index is -3.84. The Morgan fingerprint density at radius 2 is 1.97 bits per heavy atom. The second kappa shape index (κ2) is 9.17. The maximum Gasteiger partial charge on any atom is 0.328 e. The molecule has 4 rings (SSSR count). The van der Waals surface area contributed by atoms with Crippen molar-refractivity contribution in [1.29, 1.82) is 0 Å². The molecule has 1 aromatic rings. The normalized spacial score (nSPS) is 22.4. The maximum atomic E-state index is 12.7. The van der Waals surface area contributed by atoms with Crippen LogP contribution in [0.3, 0.4) is 0 Å². The zero-order valence-corrected chi connectivity index (χ0v) is 21.0. The van der Waals surface area contributed by atoms with Gasteiger partial charge in [-0.05, 0) is 31.3 Å². The molecule has 11 nitrogen and oxygen atoms in total. The fourth-order valence-corrected chi connectivity index (χ4v) is 6.72. The number of nitrogens with one attached hydrogen (secondary N) is 1. The van der Waals surface area contributed by atoms with Crippen LogP contribution in [0.15, 0.2) is 12.3 Å². The summed E-state index contributed by atoms with van der Waals surface area (Å²) in [5.74, 6) is 11.8. The number of aromatic nitrogens is 1. The van der Waals surface area contributed by atoms with Crippen LogP contribution in [0.4, 0.5) is 4.79 Å². The van der Waals surface area contributed by atoms with Crippen LogP contribution in [0.25, 0.3) is 0 Å². The Morgan fingerprint density at radius 3 is 2.54 bits per heavy atom. The maximum absolute atomic E-state index is 12.7. The summed E-state index contributed by atoms with van der Waals surface area (Å²) >= 11 is 0. The fourth-order valence-electron chi connectivity index (χ4n) is 4.32. The molecule has 1 atom stereocenters. The van der Waals surface area contributed by atoms with Gasteiger partial charge in [0.25, 0.3) is 5.91 Å². The van der Waals surface area contributed by atoms with Crippen LogP contribution in [0.5, 0.6) is 0 Å². The van der Waals surface area contributed by atoms with E-state index in [1.54, 1.807) is 12.3 Å². The summed E-state index contributed by atoms with van der Waals surface area (Å²) in [5.41, 5.74) is 2.73. The Bertz CT molecular complexity index is 1270. The lowest BCUT2D eigenvalue weighted by molar-refractivity contribution is -0.131. The highest BCUT2D eigenvalue weighted by Gasteiger charge is 2.44. The molecule has 2 amide bonds. The molecule has 0 aromatic carbocycles. The van der Waals surface area contributed by atoms with Crippen molar-refractivity contribution < 1.29 is 32.3 Å². The first-order chi connectivity index (χ1) is 16.3. The van der Waals surface area contributed by atoms with E-state index < -0.39 is 31.1 Å². The number of carbonyl (C=O) groups excluding carboxylic acids is 2. The molecule has 0 aliphatic carbocycles. The van der Waals surface area contributed by atoms with Crippen molar-refractivity contribution >= 4 is 32.4 Å². The van der Waals surface area contributed by atoms with Crippen molar-refractivity contribution in [2.75, 3.05) is 37.4 Å². The van der Waals surface area contributed by atoms with E-state index in [0.717, 1.165) is 19.3 Å². The first-order valence-corrected chi connectivity index (χ1v) is 14.7. The highest BCUT2D eigenvalue weighted by atomic mass is 32.3. The lowest BCUT2D eigenvalue weighted by Gasteiger charge is -2.55. The first kappa shape index (κ1) is 25.6. The molecule has 4 heterocycles. The van der Waals surface area contributed by atoms with Gasteiger partial charge in [-0.25, -0.2) is 18.7 Å². The summed E-state index contributed by atoms with van der Waals surface area (Å²) in [6, 6.07) is 1.67. The fraction of sp³-hybridized carbons (Fsp3) is 0.545. The van der Waals surface area contributed by atoms with E-state index in [9.17, 15) is 27.1 Å². The first-order valence-electron chi connectivity index (χ1n) is 11.0. The Morgan fingerprint density at radius 1 is 1.29 bits per heavy atom. The van der Waals surface area contributed by atoms with E-state index in [4.69, 9.17) is 5.21 Å². The Balaban J connectivity index is 1.29. The molecule has 3 aliphatic rings. The average Bonchev–Trinajstić information content (AvgIpc) is 3.25. The van der Waals surface area contributed by atoms with Crippen LogP contribution < -0.4 is 5.48 Å². The van der Waals surface area contributed by atoms with Crippen LogP contribution in [0, 0.1) is 29.6 Å². The molecule has 13 heteroatoms. The second-order valence-corrected chi connectivity index (χ2v) is 14.2. The molecule has 0 bridgehead atoms. The molecule has 0 unspecified atom stereocenters. The number of rotatable bonds is 6. The molecule has 35 heavy (non-hydrogen) atoms. The molecule has 0 radical (unpaired) electrons. The molecular formula is C22H28N4O7S2. The minimum Gasteiger partial charge on any atom is -0.318 e. The van der Waals surface area contributed by atoms with Crippen LogP contribution in [0.1, 0.15) is 24.6 Å². The summed E-state index contributed by atoms with van der Waals surface area (Å²) in [6.45, 7) is 3.09. The SMILES string of the molecule is C[C@@](CCN1Cc2cc(C#CC#CC3CN(C4CS(O)(O)C4)C3)cn2C1=O)(C(=O)NO)S(C)(=O)=O. The highest BCUT2D eigenvalue weighted by molar-refractivity contribution is 8.25. The van der Waals surface area contributed by atoms with E-state index in [-0.39, 0.29) is 37.5 Å². The van der Waals surface area contributed by atoms with Gasteiger partial charge in [-0.15, -0.1) is 0 Å². The van der Waals surface area contributed by atoms with E-state index in [0.29, 0.717) is 22.8 Å². The Kier molecular flexibility index (Phi) is 6.70. The topological polar surface area (TPSA) is 152 Å². The third-order valence-electron chi connectivity index (χ3n) is 6.88. The number of likely N-dealkylation sites (tertiary alicyclic amines) is 1. The quantitative estimate of drug-likeness (QED) is 0.237. The van der Waals surface area contributed by atoms with Crippen LogP contribution in [-0.4, -0.2) is 97.2 Å². The number of fused-ring (bicyclic) bond motifs is 1. The van der Waals surface area contributed by atoms with E-state index in [2.05, 4.69) is 28.6 Å². The van der Waals surface area contributed by atoms with Gasteiger partial charge < -0.3 is 4.90 Å². The van der Waals surface area contributed by atoms with Gasteiger partial charge in [0.2, 0.25) is 0 Å². The molecule has 190 valence electrons. The predicted molar refractivity (Wildman–Crippen MR) is 130 cm³/mol. The molecule has 3 aliphatic heterocycles. The van der Waals surface area contributed by atoms with Gasteiger partial charge in [0.15, 0.2) is 14.6 Å². The van der Waals surface area contributed by atoms with Crippen molar-refractivity contribution in [2.45, 2.75) is 30.7 Å². The Labute approximate surface area is 205 Å². The molecule has 0 spiro atoms. The number of amides is 2. The van der Waals surface area contributed by atoms with E-state index >= 15 is 0 Å². The lowest BCUT2D eigenvalue weighted by atomic mass is 9.99. The summed E-state index contributed by atoms with van der Waals surface area (Å²) in [7, 11) is -6.17. The van der Waals surface area contributed by atoms with Crippen molar-refractivity contribution in [1.82, 2.24) is 19.8 Å². The van der Waals surface area contributed by atoms with Gasteiger partial charge in [0, 0.05) is 55.3 Å². The van der Waals surface area contributed by atoms with Gasteiger partial charge >= 0.3 is 6.03 Å². The lowest BCUT2D eigenvalue weighted by Crippen LogP contribution is -2.59. The number of hydrogen-bond acceptors (Lipinski definition) is 8. The molecule has 2 saturated heterocycles.